The van der Waals surface area contributed by atoms with Crippen LogP contribution in [0.15, 0.2) is 0 Å². The van der Waals surface area contributed by atoms with Crippen LogP contribution in [0.5, 0.6) is 0 Å². The third-order valence-corrected chi connectivity index (χ3v) is 5.28. The van der Waals surface area contributed by atoms with Crippen molar-refractivity contribution in [2.24, 2.45) is 17.8 Å². The van der Waals surface area contributed by atoms with Gasteiger partial charge in [-0.15, -0.1) is 0 Å². The minimum atomic E-state index is -0.626. The van der Waals surface area contributed by atoms with Crippen LogP contribution in [-0.4, -0.2) is 47.8 Å². The highest BCUT2D eigenvalue weighted by Gasteiger charge is 2.42. The van der Waals surface area contributed by atoms with Crippen molar-refractivity contribution < 1.29 is 23.9 Å². The first kappa shape index (κ1) is 19.2. The van der Waals surface area contributed by atoms with Crippen LogP contribution in [0.3, 0.4) is 0 Å². The average Bonchev–Trinajstić information content (AvgIpc) is 2.95. The smallest absolute Gasteiger partial charge is 0.311 e. The molecule has 2 N–H and O–H groups in total. The molecule has 1 heterocycles. The van der Waals surface area contributed by atoms with Crippen LogP contribution in [0, 0.1) is 17.8 Å². The van der Waals surface area contributed by atoms with Gasteiger partial charge in [0.1, 0.15) is 0 Å². The van der Waals surface area contributed by atoms with Crippen molar-refractivity contribution in [3.63, 3.8) is 0 Å². The molecule has 25 heavy (non-hydrogen) atoms. The molecule has 1 saturated carbocycles. The van der Waals surface area contributed by atoms with E-state index in [-0.39, 0.29) is 18.4 Å². The largest absolute Gasteiger partial charge is 0.455 e. The summed E-state index contributed by atoms with van der Waals surface area (Å²) in [4.78, 5) is 48.4. The number of carbonyl (C=O) groups excluding carboxylic acids is 4. The van der Waals surface area contributed by atoms with Gasteiger partial charge in [-0.2, -0.15) is 0 Å². The van der Waals surface area contributed by atoms with Crippen LogP contribution in [-0.2, 0) is 23.9 Å². The highest BCUT2D eigenvalue weighted by atomic mass is 16.5. The summed E-state index contributed by atoms with van der Waals surface area (Å²) in [5, 5.41) is 0. The Labute approximate surface area is 147 Å². The molecule has 2 rings (SSSR count). The second kappa shape index (κ2) is 8.31. The van der Waals surface area contributed by atoms with E-state index in [4.69, 9.17) is 4.74 Å². The van der Waals surface area contributed by atoms with Crippen LogP contribution in [0.1, 0.15) is 46.5 Å². The zero-order valence-corrected chi connectivity index (χ0v) is 15.0. The van der Waals surface area contributed by atoms with E-state index in [9.17, 15) is 19.2 Å². The fraction of sp³-hybridized carbons (Fsp3) is 0.765. The van der Waals surface area contributed by atoms with Crippen molar-refractivity contribution >= 4 is 23.7 Å². The quantitative estimate of drug-likeness (QED) is 0.561. The minimum absolute atomic E-state index is 0.0180. The predicted molar refractivity (Wildman–Crippen MR) is 88.7 cm³/mol. The molecule has 0 aromatic heterocycles. The van der Waals surface area contributed by atoms with Crippen molar-refractivity contribution in [1.82, 2.24) is 15.8 Å². The van der Waals surface area contributed by atoms with Crippen molar-refractivity contribution in [1.29, 1.82) is 0 Å². The lowest BCUT2D eigenvalue weighted by atomic mass is 9.77. The number of ether oxygens (including phenoxy) is 1. The molecule has 0 aromatic carbocycles. The van der Waals surface area contributed by atoms with Crippen LogP contribution in [0.2, 0.25) is 0 Å². The summed E-state index contributed by atoms with van der Waals surface area (Å²) in [5.41, 5.74) is 4.23. The fourth-order valence-electron chi connectivity index (χ4n) is 3.65. The summed E-state index contributed by atoms with van der Waals surface area (Å²) >= 11 is 0. The van der Waals surface area contributed by atoms with Gasteiger partial charge in [-0.25, -0.2) is 0 Å². The van der Waals surface area contributed by atoms with E-state index in [1.54, 1.807) is 0 Å². The second-order valence-electron chi connectivity index (χ2n) is 7.12. The summed E-state index contributed by atoms with van der Waals surface area (Å²) in [6.45, 7) is 5.49. The zero-order chi connectivity index (χ0) is 18.6. The first-order valence-corrected chi connectivity index (χ1v) is 8.81. The number of esters is 1. The van der Waals surface area contributed by atoms with Crippen molar-refractivity contribution in [3.8, 4) is 0 Å². The lowest BCUT2D eigenvalue weighted by Gasteiger charge is -2.39. The van der Waals surface area contributed by atoms with E-state index < -0.39 is 30.3 Å². The summed E-state index contributed by atoms with van der Waals surface area (Å²) in [7, 11) is 0. The number of likely N-dealkylation sites (tertiary alicyclic amines) is 1. The van der Waals surface area contributed by atoms with Crippen LogP contribution >= 0.6 is 0 Å². The molecule has 8 heteroatoms. The predicted octanol–water partition coefficient (Wildman–Crippen LogP) is 0.370. The Morgan fingerprint density at radius 1 is 1.20 bits per heavy atom. The number of hydrazine groups is 1. The highest BCUT2D eigenvalue weighted by molar-refractivity contribution is 5.88. The maximum atomic E-state index is 12.3. The van der Waals surface area contributed by atoms with Gasteiger partial charge < -0.3 is 9.64 Å². The van der Waals surface area contributed by atoms with Gasteiger partial charge >= 0.3 is 5.97 Å². The van der Waals surface area contributed by atoms with Crippen LogP contribution in [0.25, 0.3) is 0 Å². The molecular formula is C17H27N3O5. The zero-order valence-electron chi connectivity index (χ0n) is 15.0. The lowest BCUT2D eigenvalue weighted by Crippen LogP contribution is -2.45. The van der Waals surface area contributed by atoms with Gasteiger partial charge in [0, 0.05) is 25.9 Å². The molecule has 1 aliphatic heterocycles. The number of rotatable bonds is 4. The van der Waals surface area contributed by atoms with Crippen LogP contribution < -0.4 is 10.9 Å². The molecule has 140 valence electrons. The van der Waals surface area contributed by atoms with Gasteiger partial charge in [0.15, 0.2) is 6.61 Å². The van der Waals surface area contributed by atoms with Crippen molar-refractivity contribution in [2.45, 2.75) is 52.5 Å². The number of carbonyl (C=O) groups is 4. The van der Waals surface area contributed by atoms with Gasteiger partial charge in [-0.1, -0.05) is 26.7 Å². The molecule has 1 aliphatic carbocycles. The van der Waals surface area contributed by atoms with Crippen molar-refractivity contribution in [3.05, 3.63) is 0 Å². The van der Waals surface area contributed by atoms with Crippen LogP contribution in [0.4, 0.5) is 0 Å². The monoisotopic (exact) mass is 353 g/mol. The standard InChI is InChI=1S/C17H27N3O5/c1-10-5-4-6-14(11(10)2)20-8-13(7-16(20)23)17(24)25-9-15(22)19-18-12(3)21/h10-11,13-14H,4-9H2,1-3H3,(H,18,21)(H,19,22)/t10-,11+,13+,14+/m0/s1. The Bertz CT molecular complexity index is 550. The normalized spacial score (nSPS) is 29.2. The maximum Gasteiger partial charge on any atom is 0.311 e. The molecule has 0 bridgehead atoms. The third-order valence-electron chi connectivity index (χ3n) is 5.28. The van der Waals surface area contributed by atoms with Crippen molar-refractivity contribution in [2.75, 3.05) is 13.2 Å². The number of amides is 3. The summed E-state index contributed by atoms with van der Waals surface area (Å²) in [5.74, 6) is -1.18. The fourth-order valence-corrected chi connectivity index (χ4v) is 3.65. The Hall–Kier alpha value is -2.12. The number of hydrogen-bond acceptors (Lipinski definition) is 5. The Kier molecular flexibility index (Phi) is 6.39. The van der Waals surface area contributed by atoms with Gasteiger partial charge in [0.2, 0.25) is 11.8 Å². The lowest BCUT2D eigenvalue weighted by molar-refractivity contribution is -0.152. The minimum Gasteiger partial charge on any atom is -0.455 e. The van der Waals surface area contributed by atoms with E-state index in [1.165, 1.54) is 13.3 Å². The van der Waals surface area contributed by atoms with E-state index in [2.05, 4.69) is 24.7 Å². The number of nitrogens with one attached hydrogen (secondary N) is 2. The van der Waals surface area contributed by atoms with E-state index in [0.717, 1.165) is 12.8 Å². The first-order chi connectivity index (χ1) is 11.8. The Morgan fingerprint density at radius 2 is 1.92 bits per heavy atom. The molecule has 0 aromatic rings. The molecule has 0 unspecified atom stereocenters. The number of nitrogens with zero attached hydrogens (tertiary/aromatic N) is 1. The Balaban J connectivity index is 1.83. The molecular weight excluding hydrogens is 326 g/mol. The van der Waals surface area contributed by atoms with Gasteiger partial charge in [-0.3, -0.25) is 30.0 Å². The molecule has 0 spiro atoms. The van der Waals surface area contributed by atoms with E-state index in [1.807, 2.05) is 4.90 Å². The first-order valence-electron chi connectivity index (χ1n) is 8.81. The summed E-state index contributed by atoms with van der Waals surface area (Å²) in [6, 6.07) is 0.178. The SMILES string of the molecule is CC(=O)NNC(=O)COC(=O)[C@@H]1CC(=O)N([C@@H]2CCC[C@H](C)[C@H]2C)C1. The highest BCUT2D eigenvalue weighted by Crippen LogP contribution is 2.35. The molecule has 2 aliphatic rings. The summed E-state index contributed by atoms with van der Waals surface area (Å²) < 4.78 is 4.97. The van der Waals surface area contributed by atoms with E-state index in [0.29, 0.717) is 18.4 Å². The Morgan fingerprint density at radius 3 is 2.60 bits per heavy atom. The van der Waals surface area contributed by atoms with E-state index >= 15 is 0 Å². The van der Waals surface area contributed by atoms with Gasteiger partial charge in [0.05, 0.1) is 5.92 Å². The topological polar surface area (TPSA) is 105 Å². The molecule has 1 saturated heterocycles. The molecule has 8 nitrogen and oxygen atoms in total. The molecule has 4 atom stereocenters. The average molecular weight is 353 g/mol. The second-order valence-corrected chi connectivity index (χ2v) is 7.12. The molecule has 3 amide bonds. The molecule has 0 radical (unpaired) electrons. The third kappa shape index (κ3) is 4.93. The number of hydrogen-bond donors (Lipinski definition) is 2. The van der Waals surface area contributed by atoms with Gasteiger partial charge in [-0.05, 0) is 18.3 Å². The maximum absolute atomic E-state index is 12.3. The molecule has 2 fully saturated rings. The summed E-state index contributed by atoms with van der Waals surface area (Å²) in [6.07, 6.45) is 3.37. The van der Waals surface area contributed by atoms with Gasteiger partial charge in [0.25, 0.3) is 5.91 Å².